The van der Waals surface area contributed by atoms with Gasteiger partial charge in [0.05, 0.1) is 6.21 Å². The number of amides is 1. The maximum absolute atomic E-state index is 12.1. The van der Waals surface area contributed by atoms with Gasteiger partial charge in [0.1, 0.15) is 0 Å². The van der Waals surface area contributed by atoms with Crippen molar-refractivity contribution in [2.24, 2.45) is 5.10 Å². The van der Waals surface area contributed by atoms with E-state index in [1.54, 1.807) is 6.21 Å². The minimum atomic E-state index is -0.211. The van der Waals surface area contributed by atoms with Gasteiger partial charge in [-0.1, -0.05) is 45.0 Å². The lowest BCUT2D eigenvalue weighted by Gasteiger charge is -2.18. The van der Waals surface area contributed by atoms with E-state index in [1.165, 1.54) is 5.56 Å². The molecule has 0 saturated carbocycles. The van der Waals surface area contributed by atoms with E-state index < -0.39 is 0 Å². The molecule has 2 aromatic rings. The first-order chi connectivity index (χ1) is 11.3. The zero-order chi connectivity index (χ0) is 17.7. The van der Waals surface area contributed by atoms with Crippen LogP contribution in [0.5, 0.6) is 0 Å². The molecule has 4 nitrogen and oxygen atoms in total. The Morgan fingerprint density at radius 3 is 2.08 bits per heavy atom. The molecule has 0 aliphatic heterocycles. The van der Waals surface area contributed by atoms with Crippen LogP contribution in [0, 0.1) is 0 Å². The summed E-state index contributed by atoms with van der Waals surface area (Å²) in [7, 11) is 3.99. The van der Waals surface area contributed by atoms with Crippen LogP contribution in [-0.2, 0) is 5.41 Å². The van der Waals surface area contributed by atoms with Crippen molar-refractivity contribution in [1.82, 2.24) is 5.43 Å². The number of benzene rings is 2. The molecule has 0 unspecified atom stereocenters. The summed E-state index contributed by atoms with van der Waals surface area (Å²) >= 11 is 0. The topological polar surface area (TPSA) is 44.7 Å². The largest absolute Gasteiger partial charge is 0.378 e. The van der Waals surface area contributed by atoms with Crippen molar-refractivity contribution in [3.63, 3.8) is 0 Å². The van der Waals surface area contributed by atoms with Crippen molar-refractivity contribution in [1.29, 1.82) is 0 Å². The summed E-state index contributed by atoms with van der Waals surface area (Å²) in [6, 6.07) is 15.6. The summed E-state index contributed by atoms with van der Waals surface area (Å²) in [4.78, 5) is 14.1. The highest BCUT2D eigenvalue weighted by Crippen LogP contribution is 2.22. The van der Waals surface area contributed by atoms with Gasteiger partial charge in [-0.05, 0) is 40.8 Å². The summed E-state index contributed by atoms with van der Waals surface area (Å²) < 4.78 is 0. The third kappa shape index (κ3) is 4.69. The Balaban J connectivity index is 1.97. The predicted octanol–water partition coefficient (Wildman–Crippen LogP) is 3.81. The van der Waals surface area contributed by atoms with Crippen molar-refractivity contribution < 1.29 is 4.79 Å². The normalized spacial score (nSPS) is 11.5. The Labute approximate surface area is 144 Å². The Kier molecular flexibility index (Phi) is 5.39. The molecule has 2 rings (SSSR count). The van der Waals surface area contributed by atoms with Gasteiger partial charge in [-0.2, -0.15) is 5.10 Å². The van der Waals surface area contributed by atoms with Crippen molar-refractivity contribution >= 4 is 17.8 Å². The molecule has 0 spiro atoms. The van der Waals surface area contributed by atoms with Gasteiger partial charge in [0.2, 0.25) is 0 Å². The molecule has 0 radical (unpaired) electrons. The van der Waals surface area contributed by atoms with Crippen LogP contribution in [0.15, 0.2) is 53.6 Å². The average Bonchev–Trinajstić information content (AvgIpc) is 2.54. The number of hydrogen-bond donors (Lipinski definition) is 1. The molecule has 0 bridgehead atoms. The molecule has 1 N–H and O–H groups in total. The molecule has 0 saturated heterocycles. The van der Waals surface area contributed by atoms with E-state index in [0.29, 0.717) is 5.56 Å². The third-order valence-corrected chi connectivity index (χ3v) is 3.80. The fourth-order valence-corrected chi connectivity index (χ4v) is 2.21. The second-order valence-corrected chi connectivity index (χ2v) is 7.01. The quantitative estimate of drug-likeness (QED) is 0.687. The molecular formula is C20H25N3O. The van der Waals surface area contributed by atoms with Crippen molar-refractivity contribution in [3.8, 4) is 0 Å². The first-order valence-corrected chi connectivity index (χ1v) is 7.99. The number of anilines is 1. The van der Waals surface area contributed by atoms with Gasteiger partial charge >= 0.3 is 0 Å². The summed E-state index contributed by atoms with van der Waals surface area (Å²) in [5.74, 6) is -0.211. The summed E-state index contributed by atoms with van der Waals surface area (Å²) in [6.07, 6.45) is 1.64. The van der Waals surface area contributed by atoms with Gasteiger partial charge in [0.25, 0.3) is 5.91 Å². The molecule has 0 aliphatic rings. The standard InChI is InChI=1S/C20H25N3O/c1-20(2,3)17-10-8-16(9-11-17)19(24)22-21-14-15-6-12-18(13-7-15)23(4)5/h6-14H,1-5H3,(H,22,24)/b21-14+. The summed E-state index contributed by atoms with van der Waals surface area (Å²) in [5, 5.41) is 4.03. The number of nitrogens with one attached hydrogen (secondary N) is 1. The summed E-state index contributed by atoms with van der Waals surface area (Å²) in [6.45, 7) is 6.44. The summed E-state index contributed by atoms with van der Waals surface area (Å²) in [5.41, 5.74) is 6.49. The molecule has 4 heteroatoms. The lowest BCUT2D eigenvalue weighted by atomic mass is 9.87. The number of nitrogens with zero attached hydrogens (tertiary/aromatic N) is 2. The zero-order valence-corrected chi connectivity index (χ0v) is 15.0. The number of hydrazone groups is 1. The fraction of sp³-hybridized carbons (Fsp3) is 0.300. The molecule has 0 heterocycles. The highest BCUT2D eigenvalue weighted by molar-refractivity contribution is 5.94. The third-order valence-electron chi connectivity index (χ3n) is 3.80. The highest BCUT2D eigenvalue weighted by atomic mass is 16.2. The molecular weight excluding hydrogens is 298 g/mol. The van der Waals surface area contributed by atoms with Crippen LogP contribution in [-0.4, -0.2) is 26.2 Å². The van der Waals surface area contributed by atoms with E-state index in [1.807, 2.05) is 67.5 Å². The first-order valence-electron chi connectivity index (χ1n) is 7.99. The maximum Gasteiger partial charge on any atom is 0.271 e. The molecule has 0 atom stereocenters. The molecule has 24 heavy (non-hydrogen) atoms. The number of hydrogen-bond acceptors (Lipinski definition) is 3. The van der Waals surface area contributed by atoms with Crippen LogP contribution < -0.4 is 10.3 Å². The van der Waals surface area contributed by atoms with E-state index in [4.69, 9.17) is 0 Å². The lowest BCUT2D eigenvalue weighted by molar-refractivity contribution is 0.0955. The number of rotatable bonds is 4. The molecule has 2 aromatic carbocycles. The van der Waals surface area contributed by atoms with Crippen molar-refractivity contribution in [3.05, 3.63) is 65.2 Å². The zero-order valence-electron chi connectivity index (χ0n) is 15.0. The van der Waals surface area contributed by atoms with E-state index in [0.717, 1.165) is 11.3 Å². The van der Waals surface area contributed by atoms with Crippen molar-refractivity contribution in [2.45, 2.75) is 26.2 Å². The Morgan fingerprint density at radius 2 is 1.58 bits per heavy atom. The van der Waals surface area contributed by atoms with Crippen molar-refractivity contribution in [2.75, 3.05) is 19.0 Å². The van der Waals surface area contributed by atoms with Crippen LogP contribution in [0.4, 0.5) is 5.69 Å². The first kappa shape index (κ1) is 17.7. The van der Waals surface area contributed by atoms with Crippen LogP contribution in [0.25, 0.3) is 0 Å². The predicted molar refractivity (Wildman–Crippen MR) is 101 cm³/mol. The molecule has 0 fully saturated rings. The van der Waals surface area contributed by atoms with Crippen LogP contribution in [0.1, 0.15) is 42.3 Å². The smallest absolute Gasteiger partial charge is 0.271 e. The monoisotopic (exact) mass is 323 g/mol. The second-order valence-electron chi connectivity index (χ2n) is 7.01. The minimum absolute atomic E-state index is 0.0753. The molecule has 126 valence electrons. The Morgan fingerprint density at radius 1 is 1.00 bits per heavy atom. The van der Waals surface area contributed by atoms with Gasteiger partial charge in [-0.15, -0.1) is 0 Å². The molecule has 0 aromatic heterocycles. The lowest BCUT2D eigenvalue weighted by Crippen LogP contribution is -2.18. The van der Waals surface area contributed by atoms with Crippen LogP contribution in [0.3, 0.4) is 0 Å². The Bertz CT molecular complexity index is 708. The number of carbonyl (C=O) groups excluding carboxylic acids is 1. The Hall–Kier alpha value is -2.62. The highest BCUT2D eigenvalue weighted by Gasteiger charge is 2.14. The van der Waals surface area contributed by atoms with Crippen LogP contribution >= 0.6 is 0 Å². The van der Waals surface area contributed by atoms with E-state index in [9.17, 15) is 4.79 Å². The fourth-order valence-electron chi connectivity index (χ4n) is 2.21. The van der Waals surface area contributed by atoms with Gasteiger partial charge in [0.15, 0.2) is 0 Å². The SMILES string of the molecule is CN(C)c1ccc(/C=N/NC(=O)c2ccc(C(C)(C)C)cc2)cc1. The van der Waals surface area contributed by atoms with Crippen LogP contribution in [0.2, 0.25) is 0 Å². The molecule has 1 amide bonds. The molecule has 0 aliphatic carbocycles. The average molecular weight is 323 g/mol. The second kappa shape index (κ2) is 7.30. The maximum atomic E-state index is 12.1. The van der Waals surface area contributed by atoms with Gasteiger partial charge in [0, 0.05) is 25.3 Å². The minimum Gasteiger partial charge on any atom is -0.378 e. The van der Waals surface area contributed by atoms with E-state index >= 15 is 0 Å². The van der Waals surface area contributed by atoms with Gasteiger partial charge < -0.3 is 4.90 Å². The number of carbonyl (C=O) groups is 1. The van der Waals surface area contributed by atoms with Gasteiger partial charge in [-0.3, -0.25) is 4.79 Å². The van der Waals surface area contributed by atoms with E-state index in [2.05, 4.69) is 31.3 Å². The van der Waals surface area contributed by atoms with E-state index in [-0.39, 0.29) is 11.3 Å². The van der Waals surface area contributed by atoms with Gasteiger partial charge in [-0.25, -0.2) is 5.43 Å².